The average molecular weight is 911 g/mol. The van der Waals surface area contributed by atoms with Crippen molar-refractivity contribution in [1.29, 1.82) is 0 Å². The number of sulfonamides is 1. The van der Waals surface area contributed by atoms with Crippen molar-refractivity contribution >= 4 is 74.1 Å². The van der Waals surface area contributed by atoms with Gasteiger partial charge in [0.2, 0.25) is 33.7 Å². The van der Waals surface area contributed by atoms with Gasteiger partial charge < -0.3 is 35.2 Å². The van der Waals surface area contributed by atoms with E-state index < -0.39 is 45.2 Å². The van der Waals surface area contributed by atoms with E-state index in [4.69, 9.17) is 9.47 Å². The molecule has 3 aliphatic heterocycles. The summed E-state index contributed by atoms with van der Waals surface area (Å²) in [6.07, 6.45) is 2.08. The monoisotopic (exact) mass is 910 g/mol. The lowest BCUT2D eigenvalue weighted by Crippen LogP contribution is -2.54. The van der Waals surface area contributed by atoms with Crippen molar-refractivity contribution in [3.05, 3.63) is 89.6 Å². The van der Waals surface area contributed by atoms with E-state index in [1.807, 2.05) is 36.1 Å². The van der Waals surface area contributed by atoms with Crippen LogP contribution in [0.5, 0.6) is 0 Å². The van der Waals surface area contributed by atoms with Gasteiger partial charge in [-0.2, -0.15) is 4.98 Å². The van der Waals surface area contributed by atoms with E-state index in [0.29, 0.717) is 75.7 Å². The highest BCUT2D eigenvalue weighted by Crippen LogP contribution is 2.32. The maximum Gasteiger partial charge on any atom is 0.264 e. The molecule has 2 saturated heterocycles. The van der Waals surface area contributed by atoms with Gasteiger partial charge in [0.15, 0.2) is 0 Å². The van der Waals surface area contributed by atoms with E-state index in [-0.39, 0.29) is 47.8 Å². The molecule has 3 aliphatic rings. The zero-order valence-electron chi connectivity index (χ0n) is 36.8. The Kier molecular flexibility index (Phi) is 14.4. The second-order valence-corrected chi connectivity index (χ2v) is 18.5. The predicted octanol–water partition coefficient (Wildman–Crippen LogP) is 3.93. The number of piperidine rings is 1. The van der Waals surface area contributed by atoms with Crippen molar-refractivity contribution < 1.29 is 41.9 Å². The van der Waals surface area contributed by atoms with E-state index >= 15 is 0 Å². The SMILES string of the molecule is Cc1cnc(Nc2ccc(N3CCN(C(=O)CCOCCOCCNc4cccc5c4C(=O)N(C4CCC(=O)NC4=O)C5=O)CC3)cc2)nc1Nc1cccc(S(=O)(=O)NC(C)(C)C)c1. The van der Waals surface area contributed by atoms with Gasteiger partial charge in [0, 0.05) is 79.2 Å². The maximum atomic E-state index is 13.3. The Labute approximate surface area is 377 Å². The first kappa shape index (κ1) is 46.5. The highest BCUT2D eigenvalue weighted by atomic mass is 32.2. The summed E-state index contributed by atoms with van der Waals surface area (Å²) in [6, 6.07) is 18.3. The number of benzene rings is 3. The van der Waals surface area contributed by atoms with Crippen LogP contribution < -0.4 is 30.9 Å². The normalized spacial score (nSPS) is 16.7. The summed E-state index contributed by atoms with van der Waals surface area (Å²) in [5.74, 6) is -1.31. The highest BCUT2D eigenvalue weighted by molar-refractivity contribution is 7.89. The van der Waals surface area contributed by atoms with Gasteiger partial charge in [-0.05, 0) is 88.7 Å². The summed E-state index contributed by atoms with van der Waals surface area (Å²) in [5.41, 5.74) is 3.37. The largest absolute Gasteiger partial charge is 0.382 e. The summed E-state index contributed by atoms with van der Waals surface area (Å²) in [7, 11) is -3.72. The molecule has 1 aromatic heterocycles. The first-order valence-corrected chi connectivity index (χ1v) is 22.9. The minimum atomic E-state index is -3.72. The molecule has 1 atom stereocenters. The molecule has 2 fully saturated rings. The third-order valence-electron chi connectivity index (χ3n) is 10.8. The lowest BCUT2D eigenvalue weighted by Gasteiger charge is -2.36. The van der Waals surface area contributed by atoms with Crippen molar-refractivity contribution in [2.75, 3.05) is 80.0 Å². The smallest absolute Gasteiger partial charge is 0.264 e. The predicted molar refractivity (Wildman–Crippen MR) is 243 cm³/mol. The second-order valence-electron chi connectivity index (χ2n) is 16.9. The number of imide groups is 2. The number of nitrogens with one attached hydrogen (secondary N) is 5. The summed E-state index contributed by atoms with van der Waals surface area (Å²) < 4.78 is 39.8. The molecule has 0 spiro atoms. The number of amides is 5. The van der Waals surface area contributed by atoms with E-state index in [0.717, 1.165) is 21.8 Å². The minimum Gasteiger partial charge on any atom is -0.382 e. The Balaban J connectivity index is 0.782. The summed E-state index contributed by atoms with van der Waals surface area (Å²) in [4.78, 5) is 77.4. The number of aryl methyl sites for hydroxylation is 1. The fourth-order valence-electron chi connectivity index (χ4n) is 7.63. The number of fused-ring (bicyclic) bond motifs is 1. The summed E-state index contributed by atoms with van der Waals surface area (Å²) in [6.45, 7) is 11.3. The van der Waals surface area contributed by atoms with Gasteiger partial charge in [-0.1, -0.05) is 12.1 Å². The Hall–Kier alpha value is -6.48. The molecular formula is C45H54N10O9S. The highest BCUT2D eigenvalue weighted by Gasteiger charge is 2.45. The molecule has 5 amide bonds. The van der Waals surface area contributed by atoms with Gasteiger partial charge in [0.05, 0.1) is 48.9 Å². The number of ether oxygens (including phenoxy) is 2. The number of carbonyl (C=O) groups is 5. The van der Waals surface area contributed by atoms with Crippen LogP contribution in [0.3, 0.4) is 0 Å². The molecule has 5 N–H and O–H groups in total. The number of rotatable bonds is 18. The minimum absolute atomic E-state index is 0.0242. The van der Waals surface area contributed by atoms with Gasteiger partial charge in [-0.3, -0.25) is 34.2 Å². The Bertz CT molecular complexity index is 2540. The Morgan fingerprint density at radius 3 is 2.31 bits per heavy atom. The molecular weight excluding hydrogens is 857 g/mol. The van der Waals surface area contributed by atoms with Crippen LogP contribution in [0.2, 0.25) is 0 Å². The van der Waals surface area contributed by atoms with Gasteiger partial charge in [0.1, 0.15) is 11.9 Å². The molecule has 0 bridgehead atoms. The molecule has 0 saturated carbocycles. The summed E-state index contributed by atoms with van der Waals surface area (Å²) >= 11 is 0. The van der Waals surface area contributed by atoms with Crippen LogP contribution in [0.25, 0.3) is 0 Å². The molecule has 344 valence electrons. The van der Waals surface area contributed by atoms with E-state index in [1.54, 1.807) is 69.4 Å². The third-order valence-corrected chi connectivity index (χ3v) is 12.6. The van der Waals surface area contributed by atoms with E-state index in [2.05, 4.69) is 40.9 Å². The Morgan fingerprint density at radius 2 is 1.58 bits per heavy atom. The van der Waals surface area contributed by atoms with Crippen LogP contribution in [0.4, 0.5) is 34.5 Å². The van der Waals surface area contributed by atoms with Crippen LogP contribution in [-0.2, 0) is 33.9 Å². The van der Waals surface area contributed by atoms with Crippen molar-refractivity contribution in [2.45, 2.75) is 63.4 Å². The maximum absolute atomic E-state index is 13.3. The van der Waals surface area contributed by atoms with Crippen LogP contribution >= 0.6 is 0 Å². The van der Waals surface area contributed by atoms with Crippen LogP contribution in [0.15, 0.2) is 77.8 Å². The number of hydrogen-bond acceptors (Lipinski definition) is 15. The molecule has 7 rings (SSSR count). The lowest BCUT2D eigenvalue weighted by molar-refractivity contribution is -0.136. The Morgan fingerprint density at radius 1 is 0.862 bits per heavy atom. The quantitative estimate of drug-likeness (QED) is 0.0703. The van der Waals surface area contributed by atoms with Crippen molar-refractivity contribution in [1.82, 2.24) is 29.8 Å². The number of aromatic nitrogens is 2. The molecule has 20 heteroatoms. The van der Waals surface area contributed by atoms with Crippen molar-refractivity contribution in [3.8, 4) is 0 Å². The van der Waals surface area contributed by atoms with Crippen molar-refractivity contribution in [3.63, 3.8) is 0 Å². The van der Waals surface area contributed by atoms with Gasteiger partial charge in [0.25, 0.3) is 11.8 Å². The summed E-state index contributed by atoms with van der Waals surface area (Å²) in [5, 5.41) is 11.8. The molecule has 0 radical (unpaired) electrons. The molecule has 19 nitrogen and oxygen atoms in total. The third kappa shape index (κ3) is 11.6. The molecule has 3 aromatic carbocycles. The second kappa shape index (κ2) is 20.1. The lowest BCUT2D eigenvalue weighted by atomic mass is 10.0. The van der Waals surface area contributed by atoms with E-state index in [1.165, 1.54) is 0 Å². The first-order valence-electron chi connectivity index (χ1n) is 21.4. The number of anilines is 6. The number of carbonyl (C=O) groups excluding carboxylic acids is 5. The molecule has 4 aromatic rings. The van der Waals surface area contributed by atoms with Gasteiger partial charge in [-0.25, -0.2) is 18.1 Å². The number of piperazine rings is 1. The fourth-order valence-corrected chi connectivity index (χ4v) is 9.09. The molecule has 4 heterocycles. The van der Waals surface area contributed by atoms with Crippen LogP contribution in [0, 0.1) is 6.92 Å². The molecule has 1 unspecified atom stereocenters. The fraction of sp³-hybridized carbons (Fsp3) is 0.400. The van der Waals surface area contributed by atoms with Crippen LogP contribution in [-0.4, -0.2) is 128 Å². The van der Waals surface area contributed by atoms with Crippen molar-refractivity contribution in [2.24, 2.45) is 0 Å². The topological polar surface area (TPSA) is 234 Å². The molecule has 0 aliphatic carbocycles. The zero-order valence-corrected chi connectivity index (χ0v) is 37.6. The zero-order chi connectivity index (χ0) is 46.3. The average Bonchev–Trinajstić information content (AvgIpc) is 3.52. The number of nitrogens with zero attached hydrogens (tertiary/aromatic N) is 5. The number of hydrogen-bond donors (Lipinski definition) is 5. The van der Waals surface area contributed by atoms with Gasteiger partial charge in [-0.15, -0.1) is 0 Å². The van der Waals surface area contributed by atoms with Gasteiger partial charge >= 0.3 is 0 Å². The van der Waals surface area contributed by atoms with Crippen LogP contribution in [0.1, 0.15) is 66.3 Å². The standard InChI is InChI=1S/C45H54N10O9S/c1-29-28-47-44(51-40(29)48-31-7-5-8-33(27-31)65(61,62)52-45(2,3)4)49-30-11-13-32(14-12-30)53-19-21-54(22-20-53)38(57)17-23-63-25-26-64-24-18-46-35-10-6-9-34-39(35)43(60)55(42(34)59)36-15-16-37(56)50-41(36)58/h5-14,27-28,36,46,52H,15-26H2,1-4H3,(H,50,56,58)(H2,47,48,49,51). The van der Waals surface area contributed by atoms with E-state index in [9.17, 15) is 32.4 Å². The molecule has 65 heavy (non-hydrogen) atoms. The first-order chi connectivity index (χ1) is 31.1.